The fourth-order valence-electron chi connectivity index (χ4n) is 4.29. The zero-order chi connectivity index (χ0) is 16.7. The summed E-state index contributed by atoms with van der Waals surface area (Å²) in [6.07, 6.45) is 6.65. The number of rotatable bonds is 3. The summed E-state index contributed by atoms with van der Waals surface area (Å²) in [5, 5.41) is 7.52. The standard InChI is InChI=1S/C17H21N3O3S/c1-12-9-13-5-2-3-8-16(13)20(12)24(21,22)15-7-4-6-14(10-15)17-19-18-11-23-17/h4,6-7,10-13,16H,2-3,5,8-9H2,1H3/t12-,13-,16+/m1/s1. The van der Waals surface area contributed by atoms with Gasteiger partial charge < -0.3 is 4.42 Å². The first-order valence-corrected chi connectivity index (χ1v) is 9.91. The molecule has 1 aliphatic carbocycles. The highest BCUT2D eigenvalue weighted by Gasteiger charge is 2.46. The Morgan fingerprint density at radius 2 is 2.08 bits per heavy atom. The van der Waals surface area contributed by atoms with Crippen LogP contribution in [0, 0.1) is 5.92 Å². The second-order valence-corrected chi connectivity index (χ2v) is 8.65. The van der Waals surface area contributed by atoms with Crippen LogP contribution in [0.2, 0.25) is 0 Å². The van der Waals surface area contributed by atoms with Gasteiger partial charge >= 0.3 is 0 Å². The molecule has 6 nitrogen and oxygen atoms in total. The van der Waals surface area contributed by atoms with Gasteiger partial charge in [0, 0.05) is 17.6 Å². The fourth-order valence-corrected chi connectivity index (χ4v) is 6.26. The van der Waals surface area contributed by atoms with E-state index >= 15 is 0 Å². The highest BCUT2D eigenvalue weighted by molar-refractivity contribution is 7.89. The van der Waals surface area contributed by atoms with Crippen LogP contribution in [-0.4, -0.2) is 35.0 Å². The van der Waals surface area contributed by atoms with Gasteiger partial charge in [-0.15, -0.1) is 10.2 Å². The Kier molecular flexibility index (Phi) is 3.92. The van der Waals surface area contributed by atoms with Crippen molar-refractivity contribution in [1.82, 2.24) is 14.5 Å². The average Bonchev–Trinajstić information content (AvgIpc) is 3.21. The first-order valence-electron chi connectivity index (χ1n) is 8.47. The van der Waals surface area contributed by atoms with Crippen molar-refractivity contribution in [3.63, 3.8) is 0 Å². The lowest BCUT2D eigenvalue weighted by Gasteiger charge is -2.32. The van der Waals surface area contributed by atoms with Gasteiger partial charge in [-0.3, -0.25) is 0 Å². The van der Waals surface area contributed by atoms with E-state index in [0.29, 0.717) is 22.3 Å². The van der Waals surface area contributed by atoms with Crippen LogP contribution >= 0.6 is 0 Å². The Hall–Kier alpha value is -1.73. The molecule has 1 saturated heterocycles. The van der Waals surface area contributed by atoms with Crippen molar-refractivity contribution in [2.24, 2.45) is 5.92 Å². The maximum atomic E-state index is 13.3. The van der Waals surface area contributed by atoms with Gasteiger partial charge in [-0.05, 0) is 50.3 Å². The summed E-state index contributed by atoms with van der Waals surface area (Å²) < 4.78 is 33.5. The third-order valence-corrected chi connectivity index (χ3v) is 7.33. The van der Waals surface area contributed by atoms with E-state index in [-0.39, 0.29) is 12.1 Å². The molecule has 0 N–H and O–H groups in total. The minimum absolute atomic E-state index is 0.0511. The third kappa shape index (κ3) is 2.56. The van der Waals surface area contributed by atoms with E-state index in [1.54, 1.807) is 28.6 Å². The number of benzene rings is 1. The average molecular weight is 347 g/mol. The SMILES string of the molecule is C[C@@H]1C[C@H]2CCCC[C@@H]2N1S(=O)(=O)c1cccc(-c2nnco2)c1. The van der Waals surface area contributed by atoms with E-state index < -0.39 is 10.0 Å². The van der Waals surface area contributed by atoms with Gasteiger partial charge in [-0.25, -0.2) is 8.42 Å². The Labute approximate surface area is 141 Å². The summed E-state index contributed by atoms with van der Waals surface area (Å²) in [6, 6.07) is 6.99. The van der Waals surface area contributed by atoms with Crippen LogP contribution < -0.4 is 0 Å². The smallest absolute Gasteiger partial charge is 0.247 e. The van der Waals surface area contributed by atoms with Crippen LogP contribution in [-0.2, 0) is 10.0 Å². The number of aromatic nitrogens is 2. The van der Waals surface area contributed by atoms with Crippen molar-refractivity contribution >= 4 is 10.0 Å². The molecule has 128 valence electrons. The molecule has 1 aromatic heterocycles. The van der Waals surface area contributed by atoms with Crippen LogP contribution in [0.5, 0.6) is 0 Å². The Morgan fingerprint density at radius 3 is 2.88 bits per heavy atom. The number of sulfonamides is 1. The molecule has 4 rings (SSSR count). The van der Waals surface area contributed by atoms with E-state index in [4.69, 9.17) is 4.42 Å². The van der Waals surface area contributed by atoms with Crippen molar-refractivity contribution in [2.75, 3.05) is 0 Å². The van der Waals surface area contributed by atoms with Crippen LogP contribution in [0.25, 0.3) is 11.5 Å². The normalized spacial score (nSPS) is 28.0. The molecule has 2 heterocycles. The van der Waals surface area contributed by atoms with Gasteiger partial charge in [0.2, 0.25) is 22.3 Å². The first-order chi connectivity index (χ1) is 11.6. The van der Waals surface area contributed by atoms with Crippen molar-refractivity contribution < 1.29 is 12.8 Å². The van der Waals surface area contributed by atoms with E-state index in [0.717, 1.165) is 25.7 Å². The number of nitrogens with zero attached hydrogens (tertiary/aromatic N) is 3. The molecule has 1 aliphatic heterocycles. The molecule has 3 atom stereocenters. The van der Waals surface area contributed by atoms with Gasteiger partial charge in [0.15, 0.2) is 0 Å². The highest BCUT2D eigenvalue weighted by Crippen LogP contribution is 2.42. The summed E-state index contributed by atoms with van der Waals surface area (Å²) in [5.41, 5.74) is 0.626. The summed E-state index contributed by atoms with van der Waals surface area (Å²) in [6.45, 7) is 2.03. The molecule has 7 heteroatoms. The quantitative estimate of drug-likeness (QED) is 0.853. The summed E-state index contributed by atoms with van der Waals surface area (Å²) in [7, 11) is -3.53. The van der Waals surface area contributed by atoms with Crippen LogP contribution in [0.1, 0.15) is 39.0 Å². The van der Waals surface area contributed by atoms with Crippen molar-refractivity contribution in [3.8, 4) is 11.5 Å². The predicted molar refractivity (Wildman–Crippen MR) is 88.6 cm³/mol. The van der Waals surface area contributed by atoms with Gasteiger partial charge in [0.05, 0.1) is 4.90 Å². The molecule has 1 aromatic carbocycles. The molecule has 2 fully saturated rings. The van der Waals surface area contributed by atoms with Crippen LogP contribution in [0.3, 0.4) is 0 Å². The van der Waals surface area contributed by atoms with Gasteiger partial charge in [-0.2, -0.15) is 4.31 Å². The van der Waals surface area contributed by atoms with Gasteiger partial charge in [0.1, 0.15) is 0 Å². The summed E-state index contributed by atoms with van der Waals surface area (Å²) in [4.78, 5) is 0.302. The molecule has 0 spiro atoms. The Balaban J connectivity index is 1.71. The lowest BCUT2D eigenvalue weighted by atomic mass is 9.85. The topological polar surface area (TPSA) is 76.3 Å². The molecule has 0 unspecified atom stereocenters. The highest BCUT2D eigenvalue weighted by atomic mass is 32.2. The van der Waals surface area contributed by atoms with E-state index in [2.05, 4.69) is 10.2 Å². The molecule has 0 radical (unpaired) electrons. The molecule has 2 aliphatic rings. The van der Waals surface area contributed by atoms with Crippen LogP contribution in [0.15, 0.2) is 40.0 Å². The van der Waals surface area contributed by atoms with Crippen molar-refractivity contribution in [3.05, 3.63) is 30.7 Å². The fraction of sp³-hybridized carbons (Fsp3) is 0.529. The summed E-state index contributed by atoms with van der Waals surface area (Å²) >= 11 is 0. The van der Waals surface area contributed by atoms with E-state index in [1.807, 2.05) is 6.92 Å². The second kappa shape index (κ2) is 5.97. The zero-order valence-corrected chi connectivity index (χ0v) is 14.4. The number of fused-ring (bicyclic) bond motifs is 1. The van der Waals surface area contributed by atoms with Crippen molar-refractivity contribution in [1.29, 1.82) is 0 Å². The van der Waals surface area contributed by atoms with Gasteiger partial charge in [0.25, 0.3) is 0 Å². The van der Waals surface area contributed by atoms with Crippen molar-refractivity contribution in [2.45, 2.75) is 56.0 Å². The maximum Gasteiger partial charge on any atom is 0.247 e. The molecule has 1 saturated carbocycles. The molecule has 2 aromatic rings. The lowest BCUT2D eigenvalue weighted by Crippen LogP contribution is -2.42. The second-order valence-electron chi connectivity index (χ2n) is 6.80. The lowest BCUT2D eigenvalue weighted by molar-refractivity contribution is 0.248. The zero-order valence-electron chi connectivity index (χ0n) is 13.6. The Morgan fingerprint density at radius 1 is 1.25 bits per heavy atom. The van der Waals surface area contributed by atoms with E-state index in [1.165, 1.54) is 12.8 Å². The molecular formula is C17H21N3O3S. The molecule has 24 heavy (non-hydrogen) atoms. The van der Waals surface area contributed by atoms with E-state index in [9.17, 15) is 8.42 Å². The monoisotopic (exact) mass is 347 g/mol. The molecule has 0 bridgehead atoms. The first kappa shape index (κ1) is 15.8. The Bertz CT molecular complexity index is 819. The van der Waals surface area contributed by atoms with Crippen LogP contribution in [0.4, 0.5) is 0 Å². The molecular weight excluding hydrogens is 326 g/mol. The van der Waals surface area contributed by atoms with Gasteiger partial charge in [-0.1, -0.05) is 18.9 Å². The minimum atomic E-state index is -3.53. The maximum absolute atomic E-state index is 13.3. The number of hydrogen-bond acceptors (Lipinski definition) is 5. The molecule has 0 amide bonds. The summed E-state index contributed by atoms with van der Waals surface area (Å²) in [5.74, 6) is 0.833. The number of hydrogen-bond donors (Lipinski definition) is 0. The largest absolute Gasteiger partial charge is 0.423 e. The minimum Gasteiger partial charge on any atom is -0.423 e. The third-order valence-electron chi connectivity index (χ3n) is 5.29. The predicted octanol–water partition coefficient (Wildman–Crippen LogP) is 3.08.